The lowest BCUT2D eigenvalue weighted by atomic mass is 9.87. The van der Waals surface area contributed by atoms with Gasteiger partial charge >= 0.3 is 0 Å². The molecule has 0 aromatic carbocycles. The maximum absolute atomic E-state index is 10.1. The van der Waals surface area contributed by atoms with Crippen LogP contribution in [-0.2, 0) is 0 Å². The van der Waals surface area contributed by atoms with Crippen LogP contribution in [0.15, 0.2) is 0 Å². The van der Waals surface area contributed by atoms with Crippen LogP contribution in [0.3, 0.4) is 0 Å². The molecule has 80 valence electrons. The third-order valence-electron chi connectivity index (χ3n) is 2.67. The summed E-state index contributed by atoms with van der Waals surface area (Å²) in [6.45, 7) is 5.86. The largest absolute Gasteiger partial charge is 0.390 e. The number of aliphatic hydroxyl groups is 2. The summed E-state index contributed by atoms with van der Waals surface area (Å²) < 4.78 is 0. The first-order valence-electron chi connectivity index (χ1n) is 5.47. The number of aliphatic hydroxyl groups excluding tert-OH is 1. The first kappa shape index (κ1) is 12.9. The Morgan fingerprint density at radius 1 is 1.08 bits per heavy atom. The molecule has 2 nitrogen and oxygen atoms in total. The van der Waals surface area contributed by atoms with Crippen LogP contribution >= 0.6 is 0 Å². The maximum Gasteiger partial charge on any atom is 0.0902 e. The van der Waals surface area contributed by atoms with Crippen molar-refractivity contribution in [1.29, 1.82) is 0 Å². The summed E-state index contributed by atoms with van der Waals surface area (Å²) in [4.78, 5) is 0. The van der Waals surface area contributed by atoms with E-state index in [1.165, 1.54) is 0 Å². The molecule has 2 N–H and O–H groups in total. The van der Waals surface area contributed by atoms with Gasteiger partial charge in [-0.15, -0.1) is 0 Å². The first-order chi connectivity index (χ1) is 6.06. The highest BCUT2D eigenvalue weighted by Gasteiger charge is 2.30. The topological polar surface area (TPSA) is 40.5 Å². The van der Waals surface area contributed by atoms with Gasteiger partial charge in [0.05, 0.1) is 11.7 Å². The zero-order valence-corrected chi connectivity index (χ0v) is 9.21. The Morgan fingerprint density at radius 3 is 2.08 bits per heavy atom. The second kappa shape index (κ2) is 6.39. The molecule has 0 fully saturated rings. The third kappa shape index (κ3) is 4.63. The normalized spacial score (nSPS) is 18.2. The highest BCUT2D eigenvalue weighted by atomic mass is 16.3. The smallest absolute Gasteiger partial charge is 0.0902 e. The number of hydrogen-bond acceptors (Lipinski definition) is 2. The highest BCUT2D eigenvalue weighted by molar-refractivity contribution is 4.83. The summed E-state index contributed by atoms with van der Waals surface area (Å²) in [6.07, 6.45) is 5.05. The van der Waals surface area contributed by atoms with Crippen LogP contribution in [0.2, 0.25) is 0 Å². The molecule has 0 saturated heterocycles. The van der Waals surface area contributed by atoms with Gasteiger partial charge in [0.25, 0.3) is 0 Å². The fraction of sp³-hybridized carbons (Fsp3) is 1.00. The summed E-state index contributed by atoms with van der Waals surface area (Å²) in [5, 5.41) is 19.5. The minimum atomic E-state index is -0.843. The van der Waals surface area contributed by atoms with Gasteiger partial charge in [0.15, 0.2) is 0 Å². The Morgan fingerprint density at radius 2 is 1.69 bits per heavy atom. The van der Waals surface area contributed by atoms with Crippen molar-refractivity contribution in [3.05, 3.63) is 0 Å². The highest BCUT2D eigenvalue weighted by Crippen LogP contribution is 2.24. The Balaban J connectivity index is 3.92. The molecule has 0 aliphatic heterocycles. The molecule has 0 aromatic rings. The van der Waals surface area contributed by atoms with E-state index in [1.54, 1.807) is 6.92 Å². The van der Waals surface area contributed by atoms with Gasteiger partial charge in [-0.05, 0) is 19.8 Å². The summed E-state index contributed by atoms with van der Waals surface area (Å²) in [5.74, 6) is 0. The average Bonchev–Trinajstić information content (AvgIpc) is 2.05. The predicted molar refractivity (Wildman–Crippen MR) is 55.7 cm³/mol. The van der Waals surface area contributed by atoms with Gasteiger partial charge in [-0.2, -0.15) is 0 Å². The molecule has 2 heteroatoms. The molecular formula is C11H24O2. The number of hydrogen-bond donors (Lipinski definition) is 2. The SMILES string of the molecule is CCCCCC(O)(CCC)C(C)O. The monoisotopic (exact) mass is 188 g/mol. The summed E-state index contributed by atoms with van der Waals surface area (Å²) in [6, 6.07) is 0. The molecule has 13 heavy (non-hydrogen) atoms. The lowest BCUT2D eigenvalue weighted by molar-refractivity contribution is -0.0787. The standard InChI is InChI=1S/C11H24O2/c1-4-6-7-9-11(13,8-5-2)10(3)12/h10,12-13H,4-9H2,1-3H3. The van der Waals surface area contributed by atoms with Crippen LogP contribution in [0, 0.1) is 0 Å². The number of rotatable bonds is 7. The zero-order valence-electron chi connectivity index (χ0n) is 9.21. The van der Waals surface area contributed by atoms with Crippen molar-refractivity contribution >= 4 is 0 Å². The molecule has 0 spiro atoms. The molecule has 0 aromatic heterocycles. The summed E-state index contributed by atoms with van der Waals surface area (Å²) in [5.41, 5.74) is -0.843. The van der Waals surface area contributed by atoms with Gasteiger partial charge in [0, 0.05) is 0 Å². The van der Waals surface area contributed by atoms with Crippen molar-refractivity contribution in [2.24, 2.45) is 0 Å². The van der Waals surface area contributed by atoms with E-state index in [2.05, 4.69) is 6.92 Å². The lowest BCUT2D eigenvalue weighted by Crippen LogP contribution is -2.40. The van der Waals surface area contributed by atoms with Gasteiger partial charge < -0.3 is 10.2 Å². The molecule has 0 aliphatic carbocycles. The van der Waals surface area contributed by atoms with E-state index < -0.39 is 11.7 Å². The summed E-state index contributed by atoms with van der Waals surface area (Å²) >= 11 is 0. The Kier molecular flexibility index (Phi) is 6.35. The second-order valence-electron chi connectivity index (χ2n) is 3.99. The van der Waals surface area contributed by atoms with Crippen LogP contribution in [0.4, 0.5) is 0 Å². The van der Waals surface area contributed by atoms with Crippen molar-refractivity contribution in [2.75, 3.05) is 0 Å². The third-order valence-corrected chi connectivity index (χ3v) is 2.67. The minimum Gasteiger partial charge on any atom is -0.390 e. The molecule has 2 unspecified atom stereocenters. The molecule has 0 saturated carbocycles. The van der Waals surface area contributed by atoms with Crippen molar-refractivity contribution < 1.29 is 10.2 Å². The molecule has 0 rings (SSSR count). The Bertz CT molecular complexity index is 123. The molecule has 2 atom stereocenters. The fourth-order valence-electron chi connectivity index (χ4n) is 1.66. The van der Waals surface area contributed by atoms with Crippen LogP contribution in [0.1, 0.15) is 59.3 Å². The quantitative estimate of drug-likeness (QED) is 0.603. The molecular weight excluding hydrogens is 164 g/mol. The van der Waals surface area contributed by atoms with Crippen LogP contribution in [0.25, 0.3) is 0 Å². The van der Waals surface area contributed by atoms with E-state index in [-0.39, 0.29) is 0 Å². The molecule has 0 amide bonds. The van der Waals surface area contributed by atoms with Gasteiger partial charge in [0.1, 0.15) is 0 Å². The van der Waals surface area contributed by atoms with Crippen molar-refractivity contribution in [1.82, 2.24) is 0 Å². The molecule has 0 heterocycles. The van der Waals surface area contributed by atoms with Gasteiger partial charge in [0.2, 0.25) is 0 Å². The average molecular weight is 188 g/mol. The number of unbranched alkanes of at least 4 members (excludes halogenated alkanes) is 2. The van der Waals surface area contributed by atoms with Crippen molar-refractivity contribution in [3.8, 4) is 0 Å². The van der Waals surface area contributed by atoms with Gasteiger partial charge in [-0.1, -0.05) is 39.5 Å². The van der Waals surface area contributed by atoms with Gasteiger partial charge in [-0.3, -0.25) is 0 Å². The van der Waals surface area contributed by atoms with Crippen LogP contribution in [0.5, 0.6) is 0 Å². The minimum absolute atomic E-state index is 0.607. The van der Waals surface area contributed by atoms with Crippen LogP contribution < -0.4 is 0 Å². The van der Waals surface area contributed by atoms with E-state index in [4.69, 9.17) is 0 Å². The van der Waals surface area contributed by atoms with E-state index in [0.29, 0.717) is 6.42 Å². The first-order valence-corrected chi connectivity index (χ1v) is 5.47. The molecule has 0 radical (unpaired) electrons. The molecule has 0 bridgehead atoms. The van der Waals surface area contributed by atoms with E-state index in [9.17, 15) is 10.2 Å². The Labute approximate surface area is 82.0 Å². The Hall–Kier alpha value is -0.0800. The van der Waals surface area contributed by atoms with Crippen LogP contribution in [-0.4, -0.2) is 21.9 Å². The second-order valence-corrected chi connectivity index (χ2v) is 3.99. The lowest BCUT2D eigenvalue weighted by Gasteiger charge is -2.30. The fourth-order valence-corrected chi connectivity index (χ4v) is 1.66. The van der Waals surface area contributed by atoms with Crippen molar-refractivity contribution in [3.63, 3.8) is 0 Å². The zero-order chi connectivity index (χ0) is 10.3. The van der Waals surface area contributed by atoms with E-state index >= 15 is 0 Å². The summed E-state index contributed by atoms with van der Waals surface area (Å²) in [7, 11) is 0. The van der Waals surface area contributed by atoms with E-state index in [1.807, 2.05) is 6.92 Å². The molecule has 0 aliphatic rings. The van der Waals surface area contributed by atoms with E-state index in [0.717, 1.165) is 32.1 Å². The van der Waals surface area contributed by atoms with Gasteiger partial charge in [-0.25, -0.2) is 0 Å². The maximum atomic E-state index is 10.1. The van der Waals surface area contributed by atoms with Crippen molar-refractivity contribution in [2.45, 2.75) is 71.0 Å². The predicted octanol–water partition coefficient (Wildman–Crippen LogP) is 2.48.